The largest absolute Gasteiger partial charge is 0.368 e. The van der Waals surface area contributed by atoms with Crippen molar-refractivity contribution in [2.45, 2.75) is 26.2 Å². The molecular weight excluding hydrogens is 288 g/mol. The molecule has 1 aromatic carbocycles. The maximum Gasteiger partial charge on any atom is 0.274 e. The van der Waals surface area contributed by atoms with E-state index in [0.717, 1.165) is 31.9 Å². The van der Waals surface area contributed by atoms with Crippen LogP contribution in [0.4, 0.5) is 5.69 Å². The molecule has 3 rings (SSSR count). The number of carbonyl (C=O) groups excluding carboxylic acids is 1. The third kappa shape index (κ3) is 3.38. The molecule has 1 fully saturated rings. The third-order valence-electron chi connectivity index (χ3n) is 4.29. The summed E-state index contributed by atoms with van der Waals surface area (Å²) < 4.78 is 0. The molecule has 0 bridgehead atoms. The van der Waals surface area contributed by atoms with Crippen LogP contribution in [0.15, 0.2) is 36.4 Å². The number of hydrogen-bond acceptors (Lipinski definition) is 3. The van der Waals surface area contributed by atoms with Crippen LogP contribution in [0.3, 0.4) is 0 Å². The second-order valence-corrected chi connectivity index (χ2v) is 7.03. The van der Waals surface area contributed by atoms with Crippen molar-refractivity contribution < 1.29 is 4.79 Å². The van der Waals surface area contributed by atoms with Gasteiger partial charge in [0.1, 0.15) is 5.69 Å². The van der Waals surface area contributed by atoms with Gasteiger partial charge in [0.2, 0.25) is 0 Å². The lowest BCUT2D eigenvalue weighted by Crippen LogP contribution is -2.48. The predicted octanol–water partition coefficient (Wildman–Crippen LogP) is 2.67. The Morgan fingerprint density at radius 2 is 1.74 bits per heavy atom. The van der Waals surface area contributed by atoms with E-state index in [1.54, 1.807) is 0 Å². The summed E-state index contributed by atoms with van der Waals surface area (Å²) >= 11 is 0. The molecule has 0 unspecified atom stereocenters. The number of carbonyl (C=O) groups is 1. The van der Waals surface area contributed by atoms with Crippen LogP contribution in [-0.2, 0) is 5.41 Å². The zero-order valence-corrected chi connectivity index (χ0v) is 14.0. The van der Waals surface area contributed by atoms with Crippen molar-refractivity contribution in [3.05, 3.63) is 47.8 Å². The second-order valence-electron chi connectivity index (χ2n) is 7.03. The van der Waals surface area contributed by atoms with Gasteiger partial charge in [-0.15, -0.1) is 0 Å². The molecule has 1 aromatic heterocycles. The molecule has 0 radical (unpaired) electrons. The number of amides is 1. The summed E-state index contributed by atoms with van der Waals surface area (Å²) in [5.41, 5.74) is 2.69. The van der Waals surface area contributed by atoms with Gasteiger partial charge in [0.25, 0.3) is 5.91 Å². The molecule has 0 atom stereocenters. The van der Waals surface area contributed by atoms with E-state index in [0.29, 0.717) is 5.69 Å². The minimum Gasteiger partial charge on any atom is -0.368 e. The van der Waals surface area contributed by atoms with Crippen LogP contribution in [0.2, 0.25) is 0 Å². The topological polar surface area (TPSA) is 52.2 Å². The van der Waals surface area contributed by atoms with Gasteiger partial charge in [-0.25, -0.2) is 0 Å². The summed E-state index contributed by atoms with van der Waals surface area (Å²) in [5, 5.41) is 7.20. The monoisotopic (exact) mass is 312 g/mol. The Morgan fingerprint density at radius 3 is 2.30 bits per heavy atom. The summed E-state index contributed by atoms with van der Waals surface area (Å²) in [5.74, 6) is 0.0180. The number of piperazine rings is 1. The van der Waals surface area contributed by atoms with E-state index < -0.39 is 0 Å². The number of aromatic nitrogens is 2. The highest BCUT2D eigenvalue weighted by atomic mass is 16.2. The van der Waals surface area contributed by atoms with Gasteiger partial charge in [-0.3, -0.25) is 9.89 Å². The molecule has 1 aliphatic rings. The summed E-state index contributed by atoms with van der Waals surface area (Å²) in [6, 6.07) is 12.2. The van der Waals surface area contributed by atoms with E-state index >= 15 is 0 Å². The van der Waals surface area contributed by atoms with Gasteiger partial charge in [0.05, 0.1) is 0 Å². The highest BCUT2D eigenvalue weighted by Crippen LogP contribution is 2.21. The van der Waals surface area contributed by atoms with Gasteiger partial charge in [-0.1, -0.05) is 39.0 Å². The fraction of sp³-hybridized carbons (Fsp3) is 0.444. The SMILES string of the molecule is CC(C)(C)c1cc(C(=O)N2CCN(c3ccccc3)CC2)n[nH]1. The third-order valence-corrected chi connectivity index (χ3v) is 4.29. The normalized spacial score (nSPS) is 15.8. The summed E-state index contributed by atoms with van der Waals surface area (Å²) in [6.45, 7) is 9.48. The summed E-state index contributed by atoms with van der Waals surface area (Å²) in [6.07, 6.45) is 0. The summed E-state index contributed by atoms with van der Waals surface area (Å²) in [4.78, 5) is 16.8. The van der Waals surface area contributed by atoms with Crippen molar-refractivity contribution in [2.75, 3.05) is 31.1 Å². The number of rotatable bonds is 2. The molecule has 1 saturated heterocycles. The smallest absolute Gasteiger partial charge is 0.274 e. The van der Waals surface area contributed by atoms with Gasteiger partial charge in [0, 0.05) is 43.0 Å². The van der Waals surface area contributed by atoms with Gasteiger partial charge in [-0.05, 0) is 18.2 Å². The average Bonchev–Trinajstić information content (AvgIpc) is 3.05. The molecule has 2 aromatic rings. The van der Waals surface area contributed by atoms with Crippen molar-refractivity contribution in [3.8, 4) is 0 Å². The number of benzene rings is 1. The molecule has 5 heteroatoms. The first-order valence-electron chi connectivity index (χ1n) is 8.10. The van der Waals surface area contributed by atoms with E-state index in [9.17, 15) is 4.79 Å². The molecule has 0 aliphatic carbocycles. The number of hydrogen-bond donors (Lipinski definition) is 1. The van der Waals surface area contributed by atoms with Crippen LogP contribution >= 0.6 is 0 Å². The molecule has 5 nitrogen and oxygen atoms in total. The number of anilines is 1. The first kappa shape index (κ1) is 15.6. The van der Waals surface area contributed by atoms with Crippen LogP contribution < -0.4 is 4.90 Å². The summed E-state index contributed by atoms with van der Waals surface area (Å²) in [7, 11) is 0. The minimum absolute atomic E-state index is 0.0180. The molecule has 23 heavy (non-hydrogen) atoms. The number of para-hydroxylation sites is 1. The minimum atomic E-state index is -0.0302. The molecule has 1 amide bonds. The van der Waals surface area contributed by atoms with Gasteiger partial charge < -0.3 is 9.80 Å². The first-order chi connectivity index (χ1) is 10.9. The zero-order chi connectivity index (χ0) is 16.4. The standard InChI is InChI=1S/C18H24N4O/c1-18(2,3)16-13-15(19-20-16)17(23)22-11-9-21(10-12-22)14-7-5-4-6-8-14/h4-8,13H,9-12H2,1-3H3,(H,19,20). The van der Waals surface area contributed by atoms with Crippen molar-refractivity contribution in [2.24, 2.45) is 0 Å². The maximum atomic E-state index is 12.6. The van der Waals surface area contributed by atoms with E-state index in [1.807, 2.05) is 29.2 Å². The Kier molecular flexibility index (Phi) is 4.11. The molecule has 1 N–H and O–H groups in total. The van der Waals surface area contributed by atoms with E-state index in [-0.39, 0.29) is 11.3 Å². The molecule has 0 saturated carbocycles. The van der Waals surface area contributed by atoms with Crippen LogP contribution in [0.25, 0.3) is 0 Å². The Balaban J connectivity index is 1.63. The Labute approximate surface area is 137 Å². The lowest BCUT2D eigenvalue weighted by Gasteiger charge is -2.35. The van der Waals surface area contributed by atoms with Gasteiger partial charge in [0.15, 0.2) is 0 Å². The zero-order valence-electron chi connectivity index (χ0n) is 14.0. The highest BCUT2D eigenvalue weighted by Gasteiger charge is 2.25. The van der Waals surface area contributed by atoms with Crippen molar-refractivity contribution in [1.82, 2.24) is 15.1 Å². The predicted molar refractivity (Wildman–Crippen MR) is 91.8 cm³/mol. The van der Waals surface area contributed by atoms with Crippen molar-refractivity contribution in [3.63, 3.8) is 0 Å². The molecular formula is C18H24N4O. The number of H-pyrrole nitrogens is 1. The van der Waals surface area contributed by atoms with E-state index in [4.69, 9.17) is 0 Å². The maximum absolute atomic E-state index is 12.6. The molecule has 2 heterocycles. The highest BCUT2D eigenvalue weighted by molar-refractivity contribution is 5.92. The lowest BCUT2D eigenvalue weighted by molar-refractivity contribution is 0.0741. The Bertz CT molecular complexity index is 664. The Morgan fingerprint density at radius 1 is 1.09 bits per heavy atom. The number of nitrogens with one attached hydrogen (secondary N) is 1. The van der Waals surface area contributed by atoms with E-state index in [2.05, 4.69) is 48.0 Å². The molecule has 1 aliphatic heterocycles. The molecule has 0 spiro atoms. The fourth-order valence-corrected chi connectivity index (χ4v) is 2.78. The average molecular weight is 312 g/mol. The number of aromatic amines is 1. The van der Waals surface area contributed by atoms with Crippen LogP contribution in [0.5, 0.6) is 0 Å². The fourth-order valence-electron chi connectivity index (χ4n) is 2.78. The quantitative estimate of drug-likeness (QED) is 0.927. The van der Waals surface area contributed by atoms with Crippen LogP contribution in [-0.4, -0.2) is 47.2 Å². The van der Waals surface area contributed by atoms with Crippen molar-refractivity contribution >= 4 is 11.6 Å². The van der Waals surface area contributed by atoms with Crippen molar-refractivity contribution in [1.29, 1.82) is 0 Å². The Hall–Kier alpha value is -2.30. The van der Waals surface area contributed by atoms with Gasteiger partial charge >= 0.3 is 0 Å². The van der Waals surface area contributed by atoms with E-state index in [1.165, 1.54) is 5.69 Å². The first-order valence-corrected chi connectivity index (χ1v) is 8.10. The van der Waals surface area contributed by atoms with Crippen LogP contribution in [0, 0.1) is 0 Å². The molecule has 122 valence electrons. The lowest BCUT2D eigenvalue weighted by atomic mass is 9.92. The van der Waals surface area contributed by atoms with Gasteiger partial charge in [-0.2, -0.15) is 5.10 Å². The second kappa shape index (κ2) is 6.07. The number of nitrogens with zero attached hydrogens (tertiary/aromatic N) is 3. The van der Waals surface area contributed by atoms with Crippen LogP contribution in [0.1, 0.15) is 37.0 Å².